The summed E-state index contributed by atoms with van der Waals surface area (Å²) >= 11 is 0. The van der Waals surface area contributed by atoms with Crippen LogP contribution in [-0.4, -0.2) is 43.7 Å². The minimum absolute atomic E-state index is 0. The van der Waals surface area contributed by atoms with Crippen LogP contribution in [0.25, 0.3) is 44.0 Å². The summed E-state index contributed by atoms with van der Waals surface area (Å²) in [6, 6.07) is 0. The fraction of sp³-hybridized carbons (Fsp3) is 0.553. The number of fused-ring (bicyclic) bond motifs is 5. The van der Waals surface area contributed by atoms with E-state index in [4.69, 9.17) is 28.8 Å². The molecule has 10 aromatic rings. The first kappa shape index (κ1) is 71.1. The second kappa shape index (κ2) is 24.7. The monoisotopic (exact) mass is 1180 g/mol. The topological polar surface area (TPSA) is 128 Å². The summed E-state index contributed by atoms with van der Waals surface area (Å²) in [5, 5.41) is 3.67. The molecule has 11 nitrogen and oxygen atoms in total. The van der Waals surface area contributed by atoms with E-state index in [-0.39, 0.29) is 34.5 Å². The average Bonchev–Trinajstić information content (AvgIpc) is 1.73. The lowest BCUT2D eigenvalue weighted by atomic mass is 9.89. The van der Waals surface area contributed by atoms with Crippen molar-refractivity contribution in [2.45, 2.75) is 284 Å². The van der Waals surface area contributed by atoms with Crippen LogP contribution in [0.1, 0.15) is 258 Å². The maximum atomic E-state index is 5.93. The van der Waals surface area contributed by atoms with Crippen molar-refractivity contribution in [3.63, 3.8) is 0 Å². The highest BCUT2D eigenvalue weighted by Gasteiger charge is 2.29. The lowest BCUT2D eigenvalue weighted by molar-refractivity contribution is 0.524. The number of furan rings is 2. The van der Waals surface area contributed by atoms with Gasteiger partial charge in [-0.25, -0.2) is 9.97 Å². The van der Waals surface area contributed by atoms with Crippen LogP contribution in [-0.2, 0) is 27.1 Å². The number of hydrogen-bond donors (Lipinski definition) is 1. The smallest absolute Gasteiger partial charge is 0.230 e. The molecule has 0 spiro atoms. The first-order valence-electron chi connectivity index (χ1n) is 31.1. The van der Waals surface area contributed by atoms with Gasteiger partial charge in [-0.15, -0.1) is 0 Å². The maximum Gasteiger partial charge on any atom is 0.230 e. The van der Waals surface area contributed by atoms with Gasteiger partial charge < -0.3 is 22.6 Å². The van der Waals surface area contributed by atoms with E-state index in [1.165, 1.54) is 112 Å². The normalized spacial score (nSPS) is 12.3. The molecule has 0 aliphatic carbocycles. The summed E-state index contributed by atoms with van der Waals surface area (Å²) in [6.07, 6.45) is 0. The number of aryl methyl sites for hydroxylation is 19. The van der Waals surface area contributed by atoms with E-state index in [9.17, 15) is 0 Å². The number of hydrogen-bond acceptors (Lipinski definition) is 8. The van der Waals surface area contributed by atoms with Gasteiger partial charge in [-0.2, -0.15) is 4.98 Å². The van der Waals surface area contributed by atoms with Gasteiger partial charge in [0, 0.05) is 83.3 Å². The molecule has 0 aliphatic heterocycles. The maximum absolute atomic E-state index is 5.93. The Morgan fingerprint density at radius 2 is 0.759 bits per heavy atom. The molecule has 11 heteroatoms. The molecule has 0 bridgehead atoms. The van der Waals surface area contributed by atoms with E-state index < -0.39 is 0 Å². The van der Waals surface area contributed by atoms with Gasteiger partial charge >= 0.3 is 0 Å². The summed E-state index contributed by atoms with van der Waals surface area (Å²) in [7, 11) is 0. The molecule has 0 saturated heterocycles. The molecule has 0 aromatic carbocycles. The third kappa shape index (κ3) is 13.5. The Balaban J connectivity index is 0.000000198. The number of pyridine rings is 2. The highest BCUT2D eigenvalue weighted by molar-refractivity contribution is 5.90. The molecule has 10 heterocycles. The quantitative estimate of drug-likeness (QED) is 0.159. The lowest BCUT2D eigenvalue weighted by Crippen LogP contribution is -2.20. The van der Waals surface area contributed by atoms with Gasteiger partial charge in [0.25, 0.3) is 0 Å². The predicted octanol–water partition coefficient (Wildman–Crippen LogP) is 20.9. The van der Waals surface area contributed by atoms with Crippen molar-refractivity contribution >= 4 is 44.0 Å². The molecule has 0 atom stereocenters. The molecule has 0 fully saturated rings. The van der Waals surface area contributed by atoms with E-state index in [2.05, 4.69) is 245 Å². The second-order valence-corrected chi connectivity index (χ2v) is 30.1. The summed E-state index contributed by atoms with van der Waals surface area (Å²) in [6.45, 7) is 77.7. The van der Waals surface area contributed by atoms with Crippen LogP contribution in [0.15, 0.2) is 8.83 Å². The molecule has 474 valence electrons. The van der Waals surface area contributed by atoms with Crippen molar-refractivity contribution < 1.29 is 8.83 Å². The van der Waals surface area contributed by atoms with E-state index >= 15 is 0 Å². The third-order valence-corrected chi connectivity index (χ3v) is 18.2. The van der Waals surface area contributed by atoms with Crippen LogP contribution >= 0.6 is 0 Å². The molecule has 87 heavy (non-hydrogen) atoms. The molecule has 0 radical (unpaired) electrons. The van der Waals surface area contributed by atoms with Crippen LogP contribution < -0.4 is 0 Å². The van der Waals surface area contributed by atoms with Crippen molar-refractivity contribution in [1.82, 2.24) is 43.7 Å². The first-order chi connectivity index (χ1) is 39.1. The van der Waals surface area contributed by atoms with Gasteiger partial charge in [0.15, 0.2) is 5.58 Å². The summed E-state index contributed by atoms with van der Waals surface area (Å²) < 4.78 is 16.3. The van der Waals surface area contributed by atoms with Gasteiger partial charge in [0.2, 0.25) is 5.71 Å². The fourth-order valence-corrected chi connectivity index (χ4v) is 11.7. The second-order valence-electron chi connectivity index (χ2n) is 30.1. The predicted molar refractivity (Wildman–Crippen MR) is 372 cm³/mol. The van der Waals surface area contributed by atoms with Crippen LogP contribution in [0.2, 0.25) is 0 Å². The van der Waals surface area contributed by atoms with Crippen molar-refractivity contribution in [3.8, 4) is 0 Å². The fourth-order valence-electron chi connectivity index (χ4n) is 11.7. The Hall–Kier alpha value is -6.62. The number of H-pyrrole nitrogens is 1. The van der Waals surface area contributed by atoms with Crippen LogP contribution in [0.4, 0.5) is 0 Å². The zero-order valence-corrected chi connectivity index (χ0v) is 60.4. The Morgan fingerprint density at radius 3 is 1.25 bits per heavy atom. The molecule has 10 rings (SSSR count). The standard InChI is InChI=1S/2C16H24N2.C15H22N2.C15H21NO.C13H18N2O.CH4/c1-9-10(2)14-11(3)12(4)17-15(16(6,7)8)18(14)13(9)5;1-9-10(2)14-15(16(6,7)8)17-11(3)13(5)18(14)12(9)4;1-8-10(3)16-13-12(8)9(2)11(4)17-14(13)15(5,6)7;1-8-10(3)16-14(15(5,6)7)13-12(8)9(2)11(4)17-13;1-7-9(3)16-11-10(7)8(2)14-12(15-11)13(4,5)6;/h2*1-8H3;16H,1-7H3;1-7H3;1-6H3;1H4. The number of aromatic nitrogens is 9. The SMILES string of the molecule is C.Cc1nc(C(C)(C)C)c2[nH]c(C)c(C)c2c1C.Cc1nc(C(C)(C)C)c2c(C)c(C)c(C)n2c1C.Cc1nc(C(C)(C)C)c2oc(C)c(C)c2c1C.Cc1nc(C(C)(C)C)n2c(C)c(C)c(C)c2c1C.Cc1oc2nc(C(C)(C)C)nc(C)c2c1C. The Bertz CT molecular complexity index is 4010. The molecule has 0 aliphatic rings. The Kier molecular flexibility index (Phi) is 20.2. The zero-order chi connectivity index (χ0) is 65.6. The van der Waals surface area contributed by atoms with Gasteiger partial charge in [-0.3, -0.25) is 15.0 Å². The van der Waals surface area contributed by atoms with Crippen molar-refractivity contribution in [1.29, 1.82) is 0 Å². The summed E-state index contributed by atoms with van der Waals surface area (Å²) in [4.78, 5) is 31.8. The molecular formula is C76H113N9O2. The minimum atomic E-state index is -0.0481. The molecule has 0 unspecified atom stereocenters. The van der Waals surface area contributed by atoms with Crippen LogP contribution in [0.5, 0.6) is 0 Å². The van der Waals surface area contributed by atoms with E-state index in [0.29, 0.717) is 5.71 Å². The molecule has 10 aromatic heterocycles. The number of nitrogens with zero attached hydrogens (tertiary/aromatic N) is 8. The van der Waals surface area contributed by atoms with Crippen molar-refractivity contribution in [3.05, 3.63) is 147 Å². The Morgan fingerprint density at radius 1 is 0.322 bits per heavy atom. The largest absolute Gasteiger partial charge is 0.459 e. The van der Waals surface area contributed by atoms with E-state index in [0.717, 1.165) is 73.9 Å². The minimum Gasteiger partial charge on any atom is -0.459 e. The zero-order valence-electron chi connectivity index (χ0n) is 60.4. The van der Waals surface area contributed by atoms with Crippen LogP contribution in [0, 0.1) is 145 Å². The summed E-state index contributed by atoms with van der Waals surface area (Å²) in [5.41, 5.74) is 33.0. The van der Waals surface area contributed by atoms with Gasteiger partial charge in [-0.1, -0.05) is 111 Å². The van der Waals surface area contributed by atoms with Crippen molar-refractivity contribution in [2.75, 3.05) is 0 Å². The Labute approximate surface area is 524 Å². The van der Waals surface area contributed by atoms with Gasteiger partial charge in [-0.05, 0) is 195 Å². The van der Waals surface area contributed by atoms with Crippen LogP contribution in [0.3, 0.4) is 0 Å². The summed E-state index contributed by atoms with van der Waals surface area (Å²) in [5.74, 6) is 3.93. The first-order valence-corrected chi connectivity index (χ1v) is 31.1. The molecular weight excluding hydrogens is 1070 g/mol. The number of nitrogens with one attached hydrogen (secondary N) is 1. The van der Waals surface area contributed by atoms with Crippen molar-refractivity contribution in [2.24, 2.45) is 0 Å². The molecule has 1 N–H and O–H groups in total. The molecule has 0 saturated carbocycles. The number of rotatable bonds is 0. The lowest BCUT2D eigenvalue weighted by Gasteiger charge is -2.22. The number of aromatic amines is 1. The van der Waals surface area contributed by atoms with Gasteiger partial charge in [0.1, 0.15) is 23.2 Å². The average molecular weight is 1180 g/mol. The van der Waals surface area contributed by atoms with Gasteiger partial charge in [0.05, 0.1) is 50.4 Å². The van der Waals surface area contributed by atoms with E-state index in [1.54, 1.807) is 0 Å². The highest BCUT2D eigenvalue weighted by Crippen LogP contribution is 2.38. The van der Waals surface area contributed by atoms with E-state index in [1.807, 2.05) is 27.7 Å². The molecule has 0 amide bonds. The highest BCUT2D eigenvalue weighted by atomic mass is 16.3. The third-order valence-electron chi connectivity index (χ3n) is 18.2.